The number of anilines is 1. The molecule has 1 fully saturated rings. The second kappa shape index (κ2) is 8.25. The standard InChI is InChI=1S/C17H28N2O2/c1-15(20)6-3-4-9-18-10-12-19(13-11-18)16-7-5-8-17(14-16)21-2/h5,7-8,14-15,20H,3-4,6,9-13H2,1-2H3. The third kappa shape index (κ3) is 5.21. The van der Waals surface area contributed by atoms with Gasteiger partial charge in [0.25, 0.3) is 0 Å². The molecule has 1 atom stereocenters. The van der Waals surface area contributed by atoms with Crippen LogP contribution in [0.25, 0.3) is 0 Å². The van der Waals surface area contributed by atoms with Crippen LogP contribution in [0.5, 0.6) is 5.75 Å². The molecule has 21 heavy (non-hydrogen) atoms. The van der Waals surface area contributed by atoms with Crippen molar-refractivity contribution >= 4 is 5.69 Å². The third-order valence-corrected chi connectivity index (χ3v) is 4.14. The van der Waals surface area contributed by atoms with E-state index in [0.29, 0.717) is 0 Å². The number of methoxy groups -OCH3 is 1. The molecular weight excluding hydrogens is 264 g/mol. The van der Waals surface area contributed by atoms with Gasteiger partial charge in [-0.1, -0.05) is 6.07 Å². The summed E-state index contributed by atoms with van der Waals surface area (Å²) in [5.74, 6) is 0.924. The molecular formula is C17H28N2O2. The first-order chi connectivity index (χ1) is 10.2. The van der Waals surface area contributed by atoms with Crippen LogP contribution in [0.1, 0.15) is 26.2 Å². The van der Waals surface area contributed by atoms with Crippen LogP contribution in [-0.4, -0.2) is 55.9 Å². The van der Waals surface area contributed by atoms with Crippen LogP contribution in [0.4, 0.5) is 5.69 Å². The van der Waals surface area contributed by atoms with Gasteiger partial charge in [-0.05, 0) is 44.9 Å². The van der Waals surface area contributed by atoms with Crippen molar-refractivity contribution in [2.24, 2.45) is 0 Å². The topological polar surface area (TPSA) is 35.9 Å². The van der Waals surface area contributed by atoms with Gasteiger partial charge in [-0.25, -0.2) is 0 Å². The SMILES string of the molecule is COc1cccc(N2CCN(CCCCC(C)O)CC2)c1. The summed E-state index contributed by atoms with van der Waals surface area (Å²) in [5.41, 5.74) is 1.25. The second-order valence-electron chi connectivity index (χ2n) is 5.87. The van der Waals surface area contributed by atoms with E-state index in [1.54, 1.807) is 7.11 Å². The quantitative estimate of drug-likeness (QED) is 0.783. The minimum atomic E-state index is -0.157. The van der Waals surface area contributed by atoms with Crippen LogP contribution in [0.15, 0.2) is 24.3 Å². The van der Waals surface area contributed by atoms with Crippen molar-refractivity contribution in [3.05, 3.63) is 24.3 Å². The minimum absolute atomic E-state index is 0.157. The van der Waals surface area contributed by atoms with E-state index in [1.807, 2.05) is 13.0 Å². The number of benzene rings is 1. The lowest BCUT2D eigenvalue weighted by Gasteiger charge is -2.36. The molecule has 0 aromatic heterocycles. The van der Waals surface area contributed by atoms with Gasteiger partial charge in [-0.2, -0.15) is 0 Å². The number of nitrogens with zero attached hydrogens (tertiary/aromatic N) is 2. The van der Waals surface area contributed by atoms with E-state index in [-0.39, 0.29) is 6.10 Å². The van der Waals surface area contributed by atoms with E-state index >= 15 is 0 Å². The van der Waals surface area contributed by atoms with Crippen molar-refractivity contribution in [2.45, 2.75) is 32.3 Å². The highest BCUT2D eigenvalue weighted by Crippen LogP contribution is 2.22. The van der Waals surface area contributed by atoms with Crippen molar-refractivity contribution in [2.75, 3.05) is 44.7 Å². The molecule has 2 rings (SSSR count). The smallest absolute Gasteiger partial charge is 0.120 e. The summed E-state index contributed by atoms with van der Waals surface area (Å²) in [6.45, 7) is 7.40. The molecule has 1 aliphatic heterocycles. The number of ether oxygens (including phenoxy) is 1. The molecule has 0 aliphatic carbocycles. The molecule has 1 saturated heterocycles. The lowest BCUT2D eigenvalue weighted by molar-refractivity contribution is 0.176. The highest BCUT2D eigenvalue weighted by molar-refractivity contribution is 5.51. The largest absolute Gasteiger partial charge is 0.497 e. The van der Waals surface area contributed by atoms with Crippen molar-refractivity contribution < 1.29 is 9.84 Å². The lowest BCUT2D eigenvalue weighted by atomic mass is 10.1. The maximum Gasteiger partial charge on any atom is 0.120 e. The van der Waals surface area contributed by atoms with Crippen LogP contribution >= 0.6 is 0 Å². The first-order valence-electron chi connectivity index (χ1n) is 7.98. The molecule has 1 N–H and O–H groups in total. The number of hydrogen-bond donors (Lipinski definition) is 1. The second-order valence-corrected chi connectivity index (χ2v) is 5.87. The molecule has 0 radical (unpaired) electrons. The number of rotatable bonds is 7. The highest BCUT2D eigenvalue weighted by atomic mass is 16.5. The van der Waals surface area contributed by atoms with E-state index < -0.39 is 0 Å². The fourth-order valence-corrected chi connectivity index (χ4v) is 2.81. The first kappa shape index (κ1) is 16.1. The average molecular weight is 292 g/mol. The molecule has 4 nitrogen and oxygen atoms in total. The minimum Gasteiger partial charge on any atom is -0.497 e. The summed E-state index contributed by atoms with van der Waals surface area (Å²) in [4.78, 5) is 4.95. The summed E-state index contributed by atoms with van der Waals surface area (Å²) in [7, 11) is 1.71. The number of aliphatic hydroxyl groups is 1. The van der Waals surface area contributed by atoms with Gasteiger partial charge in [0.05, 0.1) is 13.2 Å². The molecule has 1 unspecified atom stereocenters. The van der Waals surface area contributed by atoms with Crippen LogP contribution < -0.4 is 9.64 Å². The highest BCUT2D eigenvalue weighted by Gasteiger charge is 2.17. The molecule has 1 aliphatic rings. The molecule has 1 heterocycles. The monoisotopic (exact) mass is 292 g/mol. The van der Waals surface area contributed by atoms with E-state index in [2.05, 4.69) is 28.0 Å². The predicted molar refractivity (Wildman–Crippen MR) is 87.2 cm³/mol. The molecule has 118 valence electrons. The summed E-state index contributed by atoms with van der Waals surface area (Å²) in [5, 5.41) is 9.26. The summed E-state index contributed by atoms with van der Waals surface area (Å²) in [6, 6.07) is 8.30. The Morgan fingerprint density at radius 3 is 2.62 bits per heavy atom. The Morgan fingerprint density at radius 1 is 1.19 bits per heavy atom. The Kier molecular flexibility index (Phi) is 6.33. The number of aliphatic hydroxyl groups excluding tert-OH is 1. The first-order valence-corrected chi connectivity index (χ1v) is 7.98. The predicted octanol–water partition coefficient (Wildman–Crippen LogP) is 2.37. The van der Waals surface area contributed by atoms with Gasteiger partial charge in [-0.15, -0.1) is 0 Å². The van der Waals surface area contributed by atoms with Crippen molar-refractivity contribution in [1.29, 1.82) is 0 Å². The Balaban J connectivity index is 1.72. The van der Waals surface area contributed by atoms with E-state index in [9.17, 15) is 5.11 Å². The normalized spacial score (nSPS) is 17.8. The van der Waals surface area contributed by atoms with Gasteiger partial charge in [0.2, 0.25) is 0 Å². The van der Waals surface area contributed by atoms with Crippen molar-refractivity contribution in [3.8, 4) is 5.75 Å². The summed E-state index contributed by atoms with van der Waals surface area (Å²) >= 11 is 0. The van der Waals surface area contributed by atoms with Crippen LogP contribution in [0, 0.1) is 0 Å². The Hall–Kier alpha value is -1.26. The number of piperazine rings is 1. The summed E-state index contributed by atoms with van der Waals surface area (Å²) < 4.78 is 5.29. The van der Waals surface area contributed by atoms with E-state index in [0.717, 1.165) is 51.3 Å². The Bertz CT molecular complexity index is 415. The fourth-order valence-electron chi connectivity index (χ4n) is 2.81. The molecule has 1 aromatic carbocycles. The van der Waals surface area contributed by atoms with Gasteiger partial charge in [0, 0.05) is 37.9 Å². The van der Waals surface area contributed by atoms with Gasteiger partial charge < -0.3 is 14.7 Å². The zero-order valence-corrected chi connectivity index (χ0v) is 13.3. The maximum absolute atomic E-state index is 9.26. The zero-order valence-electron chi connectivity index (χ0n) is 13.3. The molecule has 1 aromatic rings. The van der Waals surface area contributed by atoms with Crippen molar-refractivity contribution in [3.63, 3.8) is 0 Å². The lowest BCUT2D eigenvalue weighted by Crippen LogP contribution is -2.46. The summed E-state index contributed by atoms with van der Waals surface area (Å²) in [6.07, 6.45) is 3.07. The number of hydrogen-bond acceptors (Lipinski definition) is 4. The molecule has 0 amide bonds. The van der Waals surface area contributed by atoms with Gasteiger partial charge >= 0.3 is 0 Å². The number of unbranched alkanes of at least 4 members (excludes halogenated alkanes) is 1. The van der Waals surface area contributed by atoms with Crippen LogP contribution in [0.2, 0.25) is 0 Å². The van der Waals surface area contributed by atoms with Crippen LogP contribution in [-0.2, 0) is 0 Å². The molecule has 0 bridgehead atoms. The van der Waals surface area contributed by atoms with Gasteiger partial charge in [0.15, 0.2) is 0 Å². The van der Waals surface area contributed by atoms with E-state index in [4.69, 9.17) is 4.74 Å². The molecule has 0 spiro atoms. The average Bonchev–Trinajstić information content (AvgIpc) is 2.52. The van der Waals surface area contributed by atoms with E-state index in [1.165, 1.54) is 12.1 Å². The van der Waals surface area contributed by atoms with Gasteiger partial charge in [-0.3, -0.25) is 4.90 Å². The maximum atomic E-state index is 9.26. The Morgan fingerprint density at radius 2 is 1.95 bits per heavy atom. The Labute approximate surface area is 128 Å². The van der Waals surface area contributed by atoms with Gasteiger partial charge in [0.1, 0.15) is 5.75 Å². The molecule has 4 heteroatoms. The fraction of sp³-hybridized carbons (Fsp3) is 0.647. The van der Waals surface area contributed by atoms with Crippen LogP contribution in [0.3, 0.4) is 0 Å². The van der Waals surface area contributed by atoms with Crippen molar-refractivity contribution in [1.82, 2.24) is 4.90 Å². The third-order valence-electron chi connectivity index (χ3n) is 4.14. The zero-order chi connectivity index (χ0) is 15.1. The molecule has 0 saturated carbocycles.